The highest BCUT2D eigenvalue weighted by molar-refractivity contribution is 7.98. The molecule has 1 heterocycles. The van der Waals surface area contributed by atoms with Gasteiger partial charge in [-0.25, -0.2) is 4.99 Å². The van der Waals surface area contributed by atoms with E-state index in [1.165, 1.54) is 16.7 Å². The Morgan fingerprint density at radius 3 is 2.44 bits per heavy atom. The molecule has 0 spiro atoms. The van der Waals surface area contributed by atoms with Gasteiger partial charge in [-0.1, -0.05) is 18.2 Å². The number of nitrogens with one attached hydrogen (secondary N) is 2. The van der Waals surface area contributed by atoms with Crippen LogP contribution < -0.4 is 10.6 Å². The van der Waals surface area contributed by atoms with Gasteiger partial charge in [0.25, 0.3) is 0 Å². The Bertz CT molecular complexity index is 733. The SMILES string of the molecule is CSCCCNC(=NCc1nnc(C)n1C)NCCc1c(C)cccc1C. The van der Waals surface area contributed by atoms with E-state index in [1.807, 2.05) is 30.3 Å². The van der Waals surface area contributed by atoms with Crippen LogP contribution in [0.5, 0.6) is 0 Å². The van der Waals surface area contributed by atoms with Crippen molar-refractivity contribution in [3.05, 3.63) is 46.5 Å². The van der Waals surface area contributed by atoms with Crippen LogP contribution in [0.25, 0.3) is 0 Å². The van der Waals surface area contributed by atoms with Gasteiger partial charge in [-0.3, -0.25) is 0 Å². The third-order valence-corrected chi connectivity index (χ3v) is 5.39. The standard InChI is InChI=1S/C20H32N6S/c1-15-8-6-9-16(2)18(15)10-12-22-20(21-11-7-13-27-5)23-14-19-25-24-17(3)26(19)4/h6,8-9H,7,10-14H2,1-5H3,(H2,21,22,23). The molecule has 2 N–H and O–H groups in total. The molecular formula is C20H32N6S. The Kier molecular flexibility index (Phi) is 8.64. The molecule has 0 aliphatic heterocycles. The maximum atomic E-state index is 4.71. The molecule has 6 nitrogen and oxygen atoms in total. The van der Waals surface area contributed by atoms with Crippen LogP contribution >= 0.6 is 11.8 Å². The van der Waals surface area contributed by atoms with Crippen molar-refractivity contribution in [2.45, 2.75) is 40.2 Å². The summed E-state index contributed by atoms with van der Waals surface area (Å²) in [5.41, 5.74) is 4.10. The predicted octanol–water partition coefficient (Wildman–Crippen LogP) is 2.77. The molecule has 2 aromatic rings. The Morgan fingerprint density at radius 2 is 1.81 bits per heavy atom. The van der Waals surface area contributed by atoms with Crippen LogP contribution in [0.15, 0.2) is 23.2 Å². The molecule has 0 fully saturated rings. The van der Waals surface area contributed by atoms with E-state index in [4.69, 9.17) is 4.99 Å². The van der Waals surface area contributed by atoms with Crippen molar-refractivity contribution >= 4 is 17.7 Å². The molecule has 0 unspecified atom stereocenters. The van der Waals surface area contributed by atoms with Gasteiger partial charge in [0.05, 0.1) is 0 Å². The van der Waals surface area contributed by atoms with Gasteiger partial charge in [0.2, 0.25) is 0 Å². The first kappa shape index (κ1) is 21.3. The Balaban J connectivity index is 1.96. The van der Waals surface area contributed by atoms with Gasteiger partial charge in [-0.05, 0) is 62.3 Å². The minimum Gasteiger partial charge on any atom is -0.356 e. The third kappa shape index (κ3) is 6.57. The summed E-state index contributed by atoms with van der Waals surface area (Å²) in [4.78, 5) is 4.71. The monoisotopic (exact) mass is 388 g/mol. The van der Waals surface area contributed by atoms with Crippen molar-refractivity contribution in [2.24, 2.45) is 12.0 Å². The van der Waals surface area contributed by atoms with Crippen LogP contribution in [0.4, 0.5) is 0 Å². The first-order valence-electron chi connectivity index (χ1n) is 9.44. The average molecular weight is 389 g/mol. The molecule has 1 aromatic heterocycles. The maximum absolute atomic E-state index is 4.71. The van der Waals surface area contributed by atoms with Crippen LogP contribution in [-0.4, -0.2) is 45.8 Å². The van der Waals surface area contributed by atoms with Crippen molar-refractivity contribution in [3.63, 3.8) is 0 Å². The fourth-order valence-electron chi connectivity index (χ4n) is 2.89. The number of aromatic nitrogens is 3. The van der Waals surface area contributed by atoms with Crippen LogP contribution in [0, 0.1) is 20.8 Å². The summed E-state index contributed by atoms with van der Waals surface area (Å²) in [5, 5.41) is 15.2. The molecule has 148 valence electrons. The minimum atomic E-state index is 0.512. The van der Waals surface area contributed by atoms with Crippen LogP contribution in [0.1, 0.15) is 34.8 Å². The number of guanidine groups is 1. The zero-order valence-corrected chi connectivity index (χ0v) is 18.0. The van der Waals surface area contributed by atoms with E-state index >= 15 is 0 Å². The topological polar surface area (TPSA) is 67.1 Å². The fraction of sp³-hybridized carbons (Fsp3) is 0.550. The highest BCUT2D eigenvalue weighted by Crippen LogP contribution is 2.13. The minimum absolute atomic E-state index is 0.512. The molecule has 0 amide bonds. The smallest absolute Gasteiger partial charge is 0.191 e. The summed E-state index contributed by atoms with van der Waals surface area (Å²) in [6, 6.07) is 6.47. The average Bonchev–Trinajstić information content (AvgIpc) is 2.97. The third-order valence-electron chi connectivity index (χ3n) is 4.69. The summed E-state index contributed by atoms with van der Waals surface area (Å²) < 4.78 is 1.98. The molecule has 0 atom stereocenters. The Hall–Kier alpha value is -2.02. The second kappa shape index (κ2) is 11.0. The highest BCUT2D eigenvalue weighted by Gasteiger charge is 2.06. The summed E-state index contributed by atoms with van der Waals surface area (Å²) in [6.45, 7) is 8.57. The number of hydrogen-bond acceptors (Lipinski definition) is 4. The summed E-state index contributed by atoms with van der Waals surface area (Å²) >= 11 is 1.86. The summed E-state index contributed by atoms with van der Waals surface area (Å²) in [6.07, 6.45) is 4.23. The number of nitrogens with zero attached hydrogens (tertiary/aromatic N) is 4. The van der Waals surface area contributed by atoms with E-state index in [1.54, 1.807) is 0 Å². The summed E-state index contributed by atoms with van der Waals surface area (Å²) in [7, 11) is 1.97. The van der Waals surface area contributed by atoms with E-state index < -0.39 is 0 Å². The van der Waals surface area contributed by atoms with Gasteiger partial charge in [0.15, 0.2) is 11.8 Å². The van der Waals surface area contributed by atoms with E-state index in [2.05, 4.69) is 59.1 Å². The first-order chi connectivity index (χ1) is 13.0. The van der Waals surface area contributed by atoms with Crippen molar-refractivity contribution in [1.29, 1.82) is 0 Å². The quantitative estimate of drug-likeness (QED) is 0.393. The molecule has 0 saturated heterocycles. The number of aryl methyl sites for hydroxylation is 3. The van der Waals surface area contributed by atoms with E-state index in [0.29, 0.717) is 6.54 Å². The number of thioether (sulfide) groups is 1. The van der Waals surface area contributed by atoms with Gasteiger partial charge in [0.1, 0.15) is 12.4 Å². The molecular weight excluding hydrogens is 356 g/mol. The second-order valence-electron chi connectivity index (χ2n) is 6.71. The van der Waals surface area contributed by atoms with Crippen molar-refractivity contribution in [3.8, 4) is 0 Å². The van der Waals surface area contributed by atoms with Gasteiger partial charge in [-0.15, -0.1) is 10.2 Å². The second-order valence-corrected chi connectivity index (χ2v) is 7.69. The Labute approximate surface area is 167 Å². The highest BCUT2D eigenvalue weighted by atomic mass is 32.2. The van der Waals surface area contributed by atoms with E-state index in [-0.39, 0.29) is 0 Å². The van der Waals surface area contributed by atoms with Crippen LogP contribution in [-0.2, 0) is 20.0 Å². The lowest BCUT2D eigenvalue weighted by Gasteiger charge is -2.14. The largest absolute Gasteiger partial charge is 0.356 e. The zero-order chi connectivity index (χ0) is 19.6. The van der Waals surface area contributed by atoms with E-state index in [9.17, 15) is 0 Å². The maximum Gasteiger partial charge on any atom is 0.191 e. The molecule has 0 bridgehead atoms. The first-order valence-corrected chi connectivity index (χ1v) is 10.8. The normalized spacial score (nSPS) is 11.7. The van der Waals surface area contributed by atoms with Gasteiger partial charge in [0, 0.05) is 20.1 Å². The molecule has 0 aliphatic carbocycles. The van der Waals surface area contributed by atoms with Crippen molar-refractivity contribution in [2.75, 3.05) is 25.1 Å². The van der Waals surface area contributed by atoms with Crippen LogP contribution in [0.2, 0.25) is 0 Å². The van der Waals surface area contributed by atoms with Gasteiger partial charge >= 0.3 is 0 Å². The molecule has 27 heavy (non-hydrogen) atoms. The summed E-state index contributed by atoms with van der Waals surface area (Å²) in [5.74, 6) is 3.75. The molecule has 0 radical (unpaired) electrons. The van der Waals surface area contributed by atoms with Gasteiger partial charge < -0.3 is 15.2 Å². The molecule has 7 heteroatoms. The molecule has 0 aliphatic rings. The zero-order valence-electron chi connectivity index (χ0n) is 17.2. The molecule has 0 saturated carbocycles. The fourth-order valence-corrected chi connectivity index (χ4v) is 3.32. The number of aliphatic imine (C=N–C) groups is 1. The predicted molar refractivity (Wildman–Crippen MR) is 116 cm³/mol. The van der Waals surface area contributed by atoms with Crippen molar-refractivity contribution in [1.82, 2.24) is 25.4 Å². The van der Waals surface area contributed by atoms with Crippen molar-refractivity contribution < 1.29 is 0 Å². The van der Waals surface area contributed by atoms with Gasteiger partial charge in [-0.2, -0.15) is 11.8 Å². The number of hydrogen-bond donors (Lipinski definition) is 2. The lowest BCUT2D eigenvalue weighted by atomic mass is 10.0. The molecule has 2 rings (SSSR count). The number of benzene rings is 1. The molecule has 1 aromatic carbocycles. The Morgan fingerprint density at radius 1 is 1.11 bits per heavy atom. The lowest BCUT2D eigenvalue weighted by molar-refractivity contribution is 0.741. The number of rotatable bonds is 9. The lowest BCUT2D eigenvalue weighted by Crippen LogP contribution is -2.39. The van der Waals surface area contributed by atoms with Crippen LogP contribution in [0.3, 0.4) is 0 Å². The van der Waals surface area contributed by atoms with E-state index in [0.717, 1.165) is 49.3 Å².